The Kier molecular flexibility index (Phi) is 1.90. The highest BCUT2D eigenvalue weighted by Crippen LogP contribution is 2.47. The quantitative estimate of drug-likeness (QED) is 0.554. The van der Waals surface area contributed by atoms with Crippen LogP contribution in [0.15, 0.2) is 23.8 Å². The van der Waals surface area contributed by atoms with E-state index in [-0.39, 0.29) is 11.2 Å². The topological polar surface area (TPSA) is 17.1 Å². The van der Waals surface area contributed by atoms with Crippen molar-refractivity contribution in [2.75, 3.05) is 0 Å². The number of hydrogen-bond donors (Lipinski definition) is 0. The number of hydrogen-bond acceptors (Lipinski definition) is 1. The molecule has 1 heteroatoms. The molecule has 0 bridgehead atoms. The van der Waals surface area contributed by atoms with Crippen molar-refractivity contribution in [2.24, 2.45) is 11.3 Å². The van der Waals surface area contributed by atoms with Crippen molar-refractivity contribution in [2.45, 2.75) is 33.1 Å². The number of rotatable bonds is 0. The van der Waals surface area contributed by atoms with Gasteiger partial charge in [0, 0.05) is 5.41 Å². The molecule has 2 aliphatic rings. The predicted molar refractivity (Wildman–Crippen MR) is 53.4 cm³/mol. The molecule has 2 unspecified atom stereocenters. The Morgan fingerprint density at radius 2 is 2.31 bits per heavy atom. The molecule has 1 nitrogen and oxygen atoms in total. The second-order valence-corrected chi connectivity index (χ2v) is 4.48. The van der Waals surface area contributed by atoms with Crippen molar-refractivity contribution in [3.63, 3.8) is 0 Å². The van der Waals surface area contributed by atoms with Gasteiger partial charge in [-0.15, -0.1) is 0 Å². The van der Waals surface area contributed by atoms with Crippen LogP contribution >= 0.6 is 0 Å². The molecule has 1 fully saturated rings. The Hall–Kier alpha value is -0.850. The minimum atomic E-state index is 0.168. The van der Waals surface area contributed by atoms with Gasteiger partial charge < -0.3 is 0 Å². The summed E-state index contributed by atoms with van der Waals surface area (Å²) in [4.78, 5) is 11.2. The first kappa shape index (κ1) is 8.74. The third-order valence-corrected chi connectivity index (χ3v) is 3.71. The first-order valence-corrected chi connectivity index (χ1v) is 5.07. The van der Waals surface area contributed by atoms with Crippen LogP contribution in [-0.2, 0) is 4.79 Å². The van der Waals surface area contributed by atoms with Crippen molar-refractivity contribution in [3.05, 3.63) is 23.8 Å². The number of ketones is 1. The fourth-order valence-corrected chi connectivity index (χ4v) is 2.46. The monoisotopic (exact) mass is 176 g/mol. The highest BCUT2D eigenvalue weighted by Gasteiger charge is 2.37. The molecule has 1 saturated carbocycles. The maximum Gasteiger partial charge on any atom is 0.178 e. The van der Waals surface area contributed by atoms with E-state index in [2.05, 4.69) is 19.9 Å². The molecule has 0 aromatic heterocycles. The zero-order valence-electron chi connectivity index (χ0n) is 8.34. The van der Waals surface area contributed by atoms with Gasteiger partial charge in [0.15, 0.2) is 5.78 Å². The Morgan fingerprint density at radius 3 is 3.08 bits per heavy atom. The maximum atomic E-state index is 11.2. The standard InChI is InChI=1S/C12H16O/c1-9-4-3-5-10-8-11(13)6-7-12(9,10)2/h6-9H,3-5H2,1-2H3. The van der Waals surface area contributed by atoms with Crippen LogP contribution in [0.5, 0.6) is 0 Å². The smallest absolute Gasteiger partial charge is 0.178 e. The third kappa shape index (κ3) is 1.27. The molecule has 2 rings (SSSR count). The van der Waals surface area contributed by atoms with Gasteiger partial charge in [-0.3, -0.25) is 4.79 Å². The van der Waals surface area contributed by atoms with Crippen molar-refractivity contribution < 1.29 is 4.79 Å². The molecule has 13 heavy (non-hydrogen) atoms. The summed E-state index contributed by atoms with van der Waals surface area (Å²) in [7, 11) is 0. The van der Waals surface area contributed by atoms with Crippen LogP contribution < -0.4 is 0 Å². The molecule has 0 heterocycles. The van der Waals surface area contributed by atoms with E-state index in [0.29, 0.717) is 5.92 Å². The van der Waals surface area contributed by atoms with Crippen LogP contribution in [0.2, 0.25) is 0 Å². The van der Waals surface area contributed by atoms with Gasteiger partial charge in [-0.05, 0) is 37.3 Å². The molecule has 0 spiro atoms. The number of allylic oxidation sites excluding steroid dienone is 4. The first-order valence-electron chi connectivity index (χ1n) is 5.07. The van der Waals surface area contributed by atoms with Gasteiger partial charge >= 0.3 is 0 Å². The zero-order valence-corrected chi connectivity index (χ0v) is 8.34. The summed E-state index contributed by atoms with van der Waals surface area (Å²) in [5, 5.41) is 0. The van der Waals surface area contributed by atoms with E-state index in [1.807, 2.05) is 6.08 Å². The highest BCUT2D eigenvalue weighted by atomic mass is 16.1. The van der Waals surface area contributed by atoms with E-state index in [4.69, 9.17) is 0 Å². The molecule has 0 radical (unpaired) electrons. The Bertz CT molecular complexity index is 298. The fraction of sp³-hybridized carbons (Fsp3) is 0.583. The largest absolute Gasteiger partial charge is 0.290 e. The van der Waals surface area contributed by atoms with E-state index in [1.165, 1.54) is 18.4 Å². The van der Waals surface area contributed by atoms with Gasteiger partial charge in [0.05, 0.1) is 0 Å². The molecular weight excluding hydrogens is 160 g/mol. The molecule has 2 aliphatic carbocycles. The molecule has 0 aromatic carbocycles. The molecule has 0 N–H and O–H groups in total. The van der Waals surface area contributed by atoms with Gasteiger partial charge in [0.1, 0.15) is 0 Å². The molecule has 0 aromatic rings. The van der Waals surface area contributed by atoms with Crippen molar-refractivity contribution in [1.29, 1.82) is 0 Å². The predicted octanol–water partition coefficient (Wildman–Crippen LogP) is 2.88. The van der Waals surface area contributed by atoms with Crippen LogP contribution in [0.25, 0.3) is 0 Å². The van der Waals surface area contributed by atoms with Crippen LogP contribution in [0, 0.1) is 11.3 Å². The van der Waals surface area contributed by atoms with Crippen molar-refractivity contribution in [3.8, 4) is 0 Å². The lowest BCUT2D eigenvalue weighted by atomic mass is 9.63. The summed E-state index contributed by atoms with van der Waals surface area (Å²) in [5.41, 5.74) is 1.52. The Balaban J connectivity index is 2.39. The van der Waals surface area contributed by atoms with Crippen LogP contribution in [0.3, 0.4) is 0 Å². The molecule has 0 amide bonds. The fourth-order valence-electron chi connectivity index (χ4n) is 2.46. The van der Waals surface area contributed by atoms with Gasteiger partial charge in [0.25, 0.3) is 0 Å². The SMILES string of the molecule is CC1CCCC2=CC(=O)C=CC21C. The molecular formula is C12H16O. The molecule has 2 atom stereocenters. The lowest BCUT2D eigenvalue weighted by molar-refractivity contribution is -0.110. The summed E-state index contributed by atoms with van der Waals surface area (Å²) in [5.74, 6) is 0.846. The van der Waals surface area contributed by atoms with E-state index >= 15 is 0 Å². The number of carbonyl (C=O) groups excluding carboxylic acids is 1. The second kappa shape index (κ2) is 2.83. The second-order valence-electron chi connectivity index (χ2n) is 4.48. The van der Waals surface area contributed by atoms with Gasteiger partial charge in [-0.25, -0.2) is 0 Å². The van der Waals surface area contributed by atoms with Gasteiger partial charge in [-0.2, -0.15) is 0 Å². The molecule has 0 saturated heterocycles. The minimum Gasteiger partial charge on any atom is -0.290 e. The minimum absolute atomic E-state index is 0.168. The summed E-state index contributed by atoms with van der Waals surface area (Å²) < 4.78 is 0. The molecule has 0 aliphatic heterocycles. The van der Waals surface area contributed by atoms with Crippen molar-refractivity contribution >= 4 is 5.78 Å². The summed E-state index contributed by atoms with van der Waals surface area (Å²) in [6, 6.07) is 0. The van der Waals surface area contributed by atoms with E-state index < -0.39 is 0 Å². The van der Waals surface area contributed by atoms with Crippen molar-refractivity contribution in [1.82, 2.24) is 0 Å². The average Bonchev–Trinajstić information content (AvgIpc) is 2.09. The van der Waals surface area contributed by atoms with Crippen LogP contribution in [-0.4, -0.2) is 5.78 Å². The first-order chi connectivity index (χ1) is 6.13. The summed E-state index contributed by atoms with van der Waals surface area (Å²) >= 11 is 0. The van der Waals surface area contributed by atoms with Crippen LogP contribution in [0.4, 0.5) is 0 Å². The van der Waals surface area contributed by atoms with E-state index in [0.717, 1.165) is 6.42 Å². The van der Waals surface area contributed by atoms with E-state index in [9.17, 15) is 4.79 Å². The van der Waals surface area contributed by atoms with Crippen LogP contribution in [0.1, 0.15) is 33.1 Å². The number of carbonyl (C=O) groups is 1. The lowest BCUT2D eigenvalue weighted by Gasteiger charge is -2.41. The highest BCUT2D eigenvalue weighted by molar-refractivity contribution is 6.01. The lowest BCUT2D eigenvalue weighted by Crippen LogP contribution is -2.31. The maximum absolute atomic E-state index is 11.2. The van der Waals surface area contributed by atoms with Gasteiger partial charge in [-0.1, -0.05) is 25.5 Å². The Labute approximate surface area is 79.5 Å². The average molecular weight is 176 g/mol. The van der Waals surface area contributed by atoms with Gasteiger partial charge in [0.2, 0.25) is 0 Å². The van der Waals surface area contributed by atoms with E-state index in [1.54, 1.807) is 6.08 Å². The molecule has 70 valence electrons. The number of fused-ring (bicyclic) bond motifs is 1. The summed E-state index contributed by atoms with van der Waals surface area (Å²) in [6.45, 7) is 4.54. The Morgan fingerprint density at radius 1 is 1.54 bits per heavy atom. The summed E-state index contributed by atoms with van der Waals surface area (Å²) in [6.07, 6.45) is 9.31. The third-order valence-electron chi connectivity index (χ3n) is 3.71. The zero-order chi connectivity index (χ0) is 9.47. The normalized spacial score (nSPS) is 38.5.